The zero-order chi connectivity index (χ0) is 14.8. The lowest BCUT2D eigenvalue weighted by atomic mass is 10.1. The van der Waals surface area contributed by atoms with Gasteiger partial charge in [-0.15, -0.1) is 0 Å². The molecule has 1 unspecified atom stereocenters. The number of nitriles is 1. The topological polar surface area (TPSA) is 73.1 Å². The van der Waals surface area contributed by atoms with Gasteiger partial charge >= 0.3 is 0 Å². The number of carbonyl (C=O) groups excluding carboxylic acids is 1. The van der Waals surface area contributed by atoms with Crippen molar-refractivity contribution in [3.63, 3.8) is 0 Å². The summed E-state index contributed by atoms with van der Waals surface area (Å²) in [5.41, 5.74) is 1.52. The Kier molecular flexibility index (Phi) is 7.08. The van der Waals surface area contributed by atoms with Crippen molar-refractivity contribution >= 4 is 12.0 Å². The summed E-state index contributed by atoms with van der Waals surface area (Å²) in [4.78, 5) is 11.9. The molecule has 0 aliphatic carbocycles. The van der Waals surface area contributed by atoms with Gasteiger partial charge in [-0.3, -0.25) is 4.79 Å². The molecule has 2 N–H and O–H groups in total. The molecule has 0 bridgehead atoms. The molecule has 0 heterocycles. The third kappa shape index (κ3) is 5.68. The van der Waals surface area contributed by atoms with Crippen LogP contribution in [0.1, 0.15) is 42.1 Å². The van der Waals surface area contributed by atoms with E-state index in [9.17, 15) is 4.79 Å². The van der Waals surface area contributed by atoms with Gasteiger partial charge in [0.25, 0.3) is 5.91 Å². The Hall–Kier alpha value is -2.12. The number of amides is 1. The first-order valence-electron chi connectivity index (χ1n) is 6.72. The summed E-state index contributed by atoms with van der Waals surface area (Å²) in [6.07, 6.45) is 6.22. The fraction of sp³-hybridized carbons (Fsp3) is 0.375. The van der Waals surface area contributed by atoms with E-state index in [-0.39, 0.29) is 18.6 Å². The minimum absolute atomic E-state index is 0.0791. The van der Waals surface area contributed by atoms with Crippen molar-refractivity contribution in [2.75, 3.05) is 6.61 Å². The zero-order valence-electron chi connectivity index (χ0n) is 11.7. The van der Waals surface area contributed by atoms with Crippen molar-refractivity contribution in [3.05, 3.63) is 41.5 Å². The molecule has 0 saturated heterocycles. The van der Waals surface area contributed by atoms with E-state index in [0.717, 1.165) is 18.4 Å². The van der Waals surface area contributed by atoms with Gasteiger partial charge < -0.3 is 10.4 Å². The Morgan fingerprint density at radius 1 is 1.55 bits per heavy atom. The van der Waals surface area contributed by atoms with Crippen LogP contribution in [0, 0.1) is 11.3 Å². The van der Waals surface area contributed by atoms with E-state index in [2.05, 4.69) is 11.4 Å². The second-order valence-corrected chi connectivity index (χ2v) is 4.64. The van der Waals surface area contributed by atoms with Gasteiger partial charge in [-0.25, -0.2) is 0 Å². The van der Waals surface area contributed by atoms with Gasteiger partial charge in [-0.05, 0) is 37.5 Å². The fourth-order valence-electron chi connectivity index (χ4n) is 1.65. The number of benzene rings is 1. The number of rotatable bonds is 7. The Morgan fingerprint density at radius 3 is 3.05 bits per heavy atom. The number of nitrogens with one attached hydrogen (secondary N) is 1. The third-order valence-corrected chi connectivity index (χ3v) is 2.77. The maximum Gasteiger partial charge on any atom is 0.251 e. The van der Waals surface area contributed by atoms with Crippen LogP contribution in [0.5, 0.6) is 0 Å². The minimum Gasteiger partial charge on any atom is -0.394 e. The van der Waals surface area contributed by atoms with Gasteiger partial charge in [-0.1, -0.05) is 24.3 Å². The van der Waals surface area contributed by atoms with Gasteiger partial charge in [0, 0.05) is 18.0 Å². The van der Waals surface area contributed by atoms with Crippen LogP contribution in [-0.2, 0) is 0 Å². The van der Waals surface area contributed by atoms with Crippen molar-refractivity contribution < 1.29 is 9.90 Å². The van der Waals surface area contributed by atoms with Gasteiger partial charge in [0.2, 0.25) is 0 Å². The Bertz CT molecular complexity index is 503. The molecule has 0 spiro atoms. The standard InChI is InChI=1S/C16H20N2O2/c1-13(12-19)18-16(20)15-9-6-8-14(11-15)7-4-2-3-5-10-17/h4,6-9,11,13,19H,2-3,5,12H2,1H3,(H,18,20). The second-order valence-electron chi connectivity index (χ2n) is 4.64. The molecule has 0 aliphatic heterocycles. The molecule has 1 amide bonds. The number of carbonyl (C=O) groups is 1. The molecule has 1 aromatic rings. The number of aliphatic hydroxyl groups is 1. The quantitative estimate of drug-likeness (QED) is 0.749. The Balaban J connectivity index is 2.61. The van der Waals surface area contributed by atoms with Crippen LogP contribution in [0.4, 0.5) is 0 Å². The lowest BCUT2D eigenvalue weighted by molar-refractivity contribution is 0.0922. The maximum atomic E-state index is 11.9. The predicted molar refractivity (Wildman–Crippen MR) is 79.0 cm³/mol. The number of hydrogen-bond acceptors (Lipinski definition) is 3. The third-order valence-electron chi connectivity index (χ3n) is 2.77. The summed E-state index contributed by atoms with van der Waals surface area (Å²) in [6.45, 7) is 1.67. The molecule has 1 aromatic carbocycles. The Labute approximate surface area is 119 Å². The van der Waals surface area contributed by atoms with E-state index in [0.29, 0.717) is 12.0 Å². The predicted octanol–water partition coefficient (Wildman–Crippen LogP) is 2.50. The summed E-state index contributed by atoms with van der Waals surface area (Å²) in [5, 5.41) is 20.1. The first-order valence-corrected chi connectivity index (χ1v) is 6.72. The monoisotopic (exact) mass is 272 g/mol. The van der Waals surface area contributed by atoms with Crippen LogP contribution < -0.4 is 5.32 Å². The fourth-order valence-corrected chi connectivity index (χ4v) is 1.65. The van der Waals surface area contributed by atoms with E-state index in [1.807, 2.05) is 24.3 Å². The van der Waals surface area contributed by atoms with Gasteiger partial charge in [0.1, 0.15) is 0 Å². The number of aliphatic hydroxyl groups excluding tert-OH is 1. The highest BCUT2D eigenvalue weighted by Crippen LogP contribution is 2.09. The lowest BCUT2D eigenvalue weighted by Gasteiger charge is -2.10. The normalized spacial score (nSPS) is 12.1. The maximum absolute atomic E-state index is 11.9. The molecule has 106 valence electrons. The highest BCUT2D eigenvalue weighted by atomic mass is 16.3. The first-order chi connectivity index (χ1) is 9.67. The molecular formula is C16H20N2O2. The summed E-state index contributed by atoms with van der Waals surface area (Å²) < 4.78 is 0. The average Bonchev–Trinajstić information content (AvgIpc) is 2.47. The Morgan fingerprint density at radius 2 is 2.35 bits per heavy atom. The van der Waals surface area contributed by atoms with E-state index < -0.39 is 0 Å². The summed E-state index contributed by atoms with van der Waals surface area (Å²) in [7, 11) is 0. The second kappa shape index (κ2) is 8.89. The number of allylic oxidation sites excluding steroid dienone is 1. The van der Waals surface area contributed by atoms with E-state index in [1.54, 1.807) is 19.1 Å². The smallest absolute Gasteiger partial charge is 0.251 e. The van der Waals surface area contributed by atoms with E-state index in [1.165, 1.54) is 0 Å². The van der Waals surface area contributed by atoms with Gasteiger partial charge in [0.05, 0.1) is 12.7 Å². The van der Waals surface area contributed by atoms with Gasteiger partial charge in [0.15, 0.2) is 0 Å². The van der Waals surface area contributed by atoms with Crippen molar-refractivity contribution in [3.8, 4) is 6.07 Å². The molecule has 1 rings (SSSR count). The molecule has 0 aromatic heterocycles. The summed E-state index contributed by atoms with van der Waals surface area (Å²) in [5.74, 6) is -0.189. The summed E-state index contributed by atoms with van der Waals surface area (Å²) in [6, 6.07) is 9.15. The molecule has 4 heteroatoms. The molecule has 0 saturated carbocycles. The van der Waals surface area contributed by atoms with Crippen LogP contribution >= 0.6 is 0 Å². The molecule has 0 aliphatic rings. The van der Waals surface area contributed by atoms with Crippen molar-refractivity contribution in [1.29, 1.82) is 5.26 Å². The average molecular weight is 272 g/mol. The van der Waals surface area contributed by atoms with E-state index >= 15 is 0 Å². The molecule has 20 heavy (non-hydrogen) atoms. The van der Waals surface area contributed by atoms with Crippen LogP contribution in [0.2, 0.25) is 0 Å². The number of unbranched alkanes of at least 4 members (excludes halogenated alkanes) is 2. The molecule has 0 radical (unpaired) electrons. The molecule has 0 fully saturated rings. The molecule has 4 nitrogen and oxygen atoms in total. The van der Waals surface area contributed by atoms with Crippen LogP contribution in [0.25, 0.3) is 6.08 Å². The minimum atomic E-state index is -0.257. The first kappa shape index (κ1) is 15.9. The van der Waals surface area contributed by atoms with Crippen molar-refractivity contribution in [2.45, 2.75) is 32.2 Å². The highest BCUT2D eigenvalue weighted by molar-refractivity contribution is 5.94. The van der Waals surface area contributed by atoms with Crippen LogP contribution in [0.3, 0.4) is 0 Å². The largest absolute Gasteiger partial charge is 0.394 e. The summed E-state index contributed by atoms with van der Waals surface area (Å²) >= 11 is 0. The van der Waals surface area contributed by atoms with E-state index in [4.69, 9.17) is 10.4 Å². The molecular weight excluding hydrogens is 252 g/mol. The lowest BCUT2D eigenvalue weighted by Crippen LogP contribution is -2.34. The van der Waals surface area contributed by atoms with Crippen molar-refractivity contribution in [2.24, 2.45) is 0 Å². The van der Waals surface area contributed by atoms with Gasteiger partial charge in [-0.2, -0.15) is 5.26 Å². The van der Waals surface area contributed by atoms with Crippen LogP contribution in [-0.4, -0.2) is 23.7 Å². The highest BCUT2D eigenvalue weighted by Gasteiger charge is 2.08. The SMILES string of the molecule is CC(CO)NC(=O)c1cccc(C=CCCCC#N)c1. The van der Waals surface area contributed by atoms with Crippen molar-refractivity contribution in [1.82, 2.24) is 5.32 Å². The molecule has 1 atom stereocenters. The van der Waals surface area contributed by atoms with Crippen LogP contribution in [0.15, 0.2) is 30.3 Å². The number of nitrogens with zero attached hydrogens (tertiary/aromatic N) is 1. The number of hydrogen-bond donors (Lipinski definition) is 2. The zero-order valence-corrected chi connectivity index (χ0v) is 11.7.